The molecule has 5 amide bonds. The Kier molecular flexibility index (Phi) is 14.0. The lowest BCUT2D eigenvalue weighted by atomic mass is 9.77. The van der Waals surface area contributed by atoms with E-state index in [1.54, 1.807) is 44.4 Å². The number of hydrogen-bond acceptors (Lipinski definition) is 10. The van der Waals surface area contributed by atoms with Crippen LogP contribution in [-0.2, 0) is 58.5 Å². The van der Waals surface area contributed by atoms with Gasteiger partial charge in [0.05, 0.1) is 23.4 Å². The first kappa shape index (κ1) is 44.9. The molecule has 0 bridgehead atoms. The zero-order chi connectivity index (χ0) is 44.2. The lowest BCUT2D eigenvalue weighted by Gasteiger charge is -2.32. The number of amides is 5. The minimum absolute atomic E-state index is 0.0886. The van der Waals surface area contributed by atoms with Gasteiger partial charge in [0, 0.05) is 66.3 Å². The van der Waals surface area contributed by atoms with Gasteiger partial charge >= 0.3 is 0 Å². The maximum Gasteiger partial charge on any atom is 0.254 e. The Labute approximate surface area is 353 Å². The van der Waals surface area contributed by atoms with Crippen molar-refractivity contribution >= 4 is 46.2 Å². The topological polar surface area (TPSA) is 206 Å². The van der Waals surface area contributed by atoms with Crippen molar-refractivity contribution < 1.29 is 43.0 Å². The van der Waals surface area contributed by atoms with Crippen molar-refractivity contribution in [2.45, 2.75) is 123 Å². The van der Waals surface area contributed by atoms with Crippen LogP contribution in [0.3, 0.4) is 0 Å². The SMILES string of the molecule is CC[C@@]1(O)C(=O)CCc2c1cc1n(c2=O)Cc2c-1nc1cc(F)c(C)cc1c2CCCCOCNC(=O)[C@H](C)NC(=O)[C@@H](NC(=O)CCCCCN1C(=O)C=CC1=O)C(C)C. The van der Waals surface area contributed by atoms with Crippen molar-refractivity contribution in [3.8, 4) is 11.4 Å². The number of carbonyl (C=O) groups is 6. The summed E-state index contributed by atoms with van der Waals surface area (Å²) < 4.78 is 22.2. The van der Waals surface area contributed by atoms with Crippen molar-refractivity contribution in [1.29, 1.82) is 0 Å². The molecule has 61 heavy (non-hydrogen) atoms. The molecule has 3 aromatic rings. The second-order valence-electron chi connectivity index (χ2n) is 16.5. The predicted molar refractivity (Wildman–Crippen MR) is 223 cm³/mol. The summed E-state index contributed by atoms with van der Waals surface area (Å²) in [5.41, 5.74) is 2.46. The molecule has 4 N–H and O–H groups in total. The molecule has 4 heterocycles. The van der Waals surface area contributed by atoms with Crippen LogP contribution in [0.25, 0.3) is 22.3 Å². The van der Waals surface area contributed by atoms with Gasteiger partial charge in [-0.05, 0) is 88.0 Å². The summed E-state index contributed by atoms with van der Waals surface area (Å²) in [6.45, 7) is 9.27. The maximum atomic E-state index is 14.9. The van der Waals surface area contributed by atoms with E-state index in [9.17, 15) is 43.1 Å². The van der Waals surface area contributed by atoms with Gasteiger partial charge in [0.2, 0.25) is 17.7 Å². The molecule has 3 aliphatic rings. The second-order valence-corrected chi connectivity index (χ2v) is 16.5. The maximum absolute atomic E-state index is 14.9. The standard InChI is InChI=1S/C45H55FN6O9/c1-6-45(60)32-21-35-41-31(23-52(35)44(59)29(32)14-15-36(45)53)28(30-20-26(4)33(46)22-34(30)49-41)12-9-11-19-61-24-47-42(57)27(5)48-43(58)40(25(2)3)50-37(54)13-8-7-10-18-51-38(55)16-17-39(51)56/h16-17,20-22,25,27,40,60H,6-15,18-19,23-24H2,1-5H3,(H,47,57)(H,48,58)(H,50,54)/t27-,40-,45-/m0/s1. The number of unbranched alkanes of at least 4 members (excludes halogenated alkanes) is 3. The van der Waals surface area contributed by atoms with Crippen LogP contribution in [0.4, 0.5) is 4.39 Å². The molecular formula is C45H55FN6O9. The van der Waals surface area contributed by atoms with E-state index < -0.39 is 35.3 Å². The Morgan fingerprint density at radius 1 is 0.934 bits per heavy atom. The summed E-state index contributed by atoms with van der Waals surface area (Å²) in [5.74, 6) is -2.93. The number of aromatic nitrogens is 2. The first-order valence-corrected chi connectivity index (χ1v) is 21.2. The Balaban J connectivity index is 0.980. The number of hydrogen-bond donors (Lipinski definition) is 4. The zero-order valence-corrected chi connectivity index (χ0v) is 35.5. The quantitative estimate of drug-likeness (QED) is 0.0614. The smallest absolute Gasteiger partial charge is 0.254 e. The van der Waals surface area contributed by atoms with Crippen LogP contribution >= 0.6 is 0 Å². The van der Waals surface area contributed by atoms with Crippen molar-refractivity contribution in [1.82, 2.24) is 30.4 Å². The largest absolute Gasteiger partial charge is 0.377 e. The van der Waals surface area contributed by atoms with Gasteiger partial charge in [-0.1, -0.05) is 27.2 Å². The van der Waals surface area contributed by atoms with Gasteiger partial charge < -0.3 is 30.4 Å². The normalized spacial score (nSPS) is 17.7. The number of aryl methyl sites for hydroxylation is 2. The number of ketones is 1. The van der Waals surface area contributed by atoms with E-state index in [-0.39, 0.29) is 80.5 Å². The fourth-order valence-electron chi connectivity index (χ4n) is 8.35. The fourth-order valence-corrected chi connectivity index (χ4v) is 8.35. The molecule has 0 saturated heterocycles. The number of rotatable bonds is 19. The van der Waals surface area contributed by atoms with Gasteiger partial charge in [0.15, 0.2) is 5.78 Å². The highest BCUT2D eigenvalue weighted by Crippen LogP contribution is 2.41. The van der Waals surface area contributed by atoms with E-state index in [1.165, 1.54) is 25.1 Å². The number of fused-ring (bicyclic) bond motifs is 5. The van der Waals surface area contributed by atoms with Gasteiger partial charge in [0.1, 0.15) is 30.2 Å². The van der Waals surface area contributed by atoms with E-state index >= 15 is 0 Å². The molecule has 2 aliphatic heterocycles. The van der Waals surface area contributed by atoms with Gasteiger partial charge in [0.25, 0.3) is 17.4 Å². The summed E-state index contributed by atoms with van der Waals surface area (Å²) in [4.78, 5) is 94.6. The number of benzene rings is 1. The zero-order valence-electron chi connectivity index (χ0n) is 35.5. The van der Waals surface area contributed by atoms with Crippen LogP contribution in [0.2, 0.25) is 0 Å². The molecule has 0 radical (unpaired) electrons. The molecule has 15 nitrogen and oxygen atoms in total. The first-order valence-electron chi connectivity index (χ1n) is 21.2. The van der Waals surface area contributed by atoms with Crippen LogP contribution < -0.4 is 21.5 Å². The number of carbonyl (C=O) groups excluding carboxylic acids is 6. The average molecular weight is 843 g/mol. The lowest BCUT2D eigenvalue weighted by molar-refractivity contribution is -0.140. The van der Waals surface area contributed by atoms with Crippen molar-refractivity contribution in [2.75, 3.05) is 19.9 Å². The summed E-state index contributed by atoms with van der Waals surface area (Å²) in [6, 6.07) is 3.11. The molecular weight excluding hydrogens is 788 g/mol. The third kappa shape index (κ3) is 9.49. The number of Topliss-reactive ketones (excluding diaryl/α,β-unsaturated/α-hetero) is 1. The average Bonchev–Trinajstić information content (AvgIpc) is 3.75. The van der Waals surface area contributed by atoms with E-state index in [1.807, 2.05) is 0 Å². The number of halogens is 1. The highest BCUT2D eigenvalue weighted by atomic mass is 19.1. The van der Waals surface area contributed by atoms with Crippen molar-refractivity contribution in [3.05, 3.63) is 74.3 Å². The van der Waals surface area contributed by atoms with Gasteiger partial charge in [-0.3, -0.25) is 38.5 Å². The highest BCUT2D eigenvalue weighted by Gasteiger charge is 2.43. The van der Waals surface area contributed by atoms with E-state index in [4.69, 9.17) is 9.72 Å². The van der Waals surface area contributed by atoms with Crippen molar-refractivity contribution in [2.24, 2.45) is 5.92 Å². The third-order valence-corrected chi connectivity index (χ3v) is 12.0. The number of nitrogens with one attached hydrogen (secondary N) is 3. The Morgan fingerprint density at radius 2 is 1.67 bits per heavy atom. The summed E-state index contributed by atoms with van der Waals surface area (Å²) >= 11 is 0. The lowest BCUT2D eigenvalue weighted by Crippen LogP contribution is -2.54. The van der Waals surface area contributed by atoms with Crippen LogP contribution in [0.15, 0.2) is 35.1 Å². The molecule has 1 aliphatic carbocycles. The molecule has 0 saturated carbocycles. The van der Waals surface area contributed by atoms with Crippen LogP contribution in [0, 0.1) is 18.7 Å². The Bertz CT molecular complexity index is 2340. The number of imide groups is 1. The Hall–Kier alpha value is -5.61. The van der Waals surface area contributed by atoms with Crippen LogP contribution in [-0.4, -0.2) is 86.8 Å². The number of nitrogens with zero attached hydrogens (tertiary/aromatic N) is 3. The minimum atomic E-state index is -1.75. The molecule has 16 heteroatoms. The molecule has 1 aromatic carbocycles. The van der Waals surface area contributed by atoms with Crippen LogP contribution in [0.1, 0.15) is 107 Å². The summed E-state index contributed by atoms with van der Waals surface area (Å²) in [6.07, 6.45) is 6.64. The monoisotopic (exact) mass is 842 g/mol. The second kappa shape index (κ2) is 19.0. The summed E-state index contributed by atoms with van der Waals surface area (Å²) in [7, 11) is 0. The van der Waals surface area contributed by atoms with Gasteiger partial charge in [-0.2, -0.15) is 0 Å². The van der Waals surface area contributed by atoms with E-state index in [0.717, 1.165) is 21.4 Å². The van der Waals surface area contributed by atoms with Gasteiger partial charge in [-0.15, -0.1) is 0 Å². The predicted octanol–water partition coefficient (Wildman–Crippen LogP) is 3.53. The molecule has 3 atom stereocenters. The molecule has 0 unspecified atom stereocenters. The number of aliphatic hydroxyl groups is 1. The van der Waals surface area contributed by atoms with Gasteiger partial charge in [-0.25, -0.2) is 9.37 Å². The molecule has 326 valence electrons. The Morgan fingerprint density at radius 3 is 2.38 bits per heavy atom. The number of ether oxygens (including phenoxy) is 1. The van der Waals surface area contributed by atoms with E-state index in [0.29, 0.717) is 78.7 Å². The van der Waals surface area contributed by atoms with Crippen LogP contribution in [0.5, 0.6) is 0 Å². The number of pyridine rings is 2. The summed E-state index contributed by atoms with van der Waals surface area (Å²) in [5, 5.41) is 20.2. The van der Waals surface area contributed by atoms with E-state index in [2.05, 4.69) is 16.0 Å². The third-order valence-electron chi connectivity index (χ3n) is 12.0. The molecule has 2 aromatic heterocycles. The fraction of sp³-hybridized carbons (Fsp3) is 0.511. The molecule has 0 spiro atoms. The first-order chi connectivity index (χ1) is 29.0. The van der Waals surface area contributed by atoms with Crippen molar-refractivity contribution in [3.63, 3.8) is 0 Å². The highest BCUT2D eigenvalue weighted by molar-refractivity contribution is 6.12. The molecule has 0 fully saturated rings. The minimum Gasteiger partial charge on any atom is -0.377 e. The molecule has 6 rings (SSSR count).